The van der Waals surface area contributed by atoms with Crippen LogP contribution in [0.4, 0.5) is 9.18 Å². The van der Waals surface area contributed by atoms with Gasteiger partial charge in [0, 0.05) is 12.6 Å². The minimum absolute atomic E-state index is 0.00517. The van der Waals surface area contributed by atoms with Crippen molar-refractivity contribution in [1.29, 1.82) is 0 Å². The summed E-state index contributed by atoms with van der Waals surface area (Å²) in [6.07, 6.45) is -0.410. The Kier molecular flexibility index (Phi) is 4.90. The molecule has 0 aliphatic carbocycles. The summed E-state index contributed by atoms with van der Waals surface area (Å²) in [5.74, 6) is -1.25. The minimum Gasteiger partial charge on any atom is -0.448 e. The van der Waals surface area contributed by atoms with Crippen LogP contribution < -0.4 is 5.32 Å². The molecule has 1 unspecified atom stereocenters. The van der Waals surface area contributed by atoms with Gasteiger partial charge in [0.05, 0.1) is 22.2 Å². The first-order valence-electron chi connectivity index (χ1n) is 6.25. The lowest BCUT2D eigenvalue weighted by Gasteiger charge is -2.20. The summed E-state index contributed by atoms with van der Waals surface area (Å²) in [6.45, 7) is 2.85. The van der Waals surface area contributed by atoms with Gasteiger partial charge in [-0.2, -0.15) is 0 Å². The Bertz CT molecular complexity index is 583. The van der Waals surface area contributed by atoms with Crippen molar-refractivity contribution in [2.45, 2.75) is 13.0 Å². The average Bonchev–Trinajstić information content (AvgIpc) is 2.79. The first-order valence-corrected chi connectivity index (χ1v) is 7.01. The van der Waals surface area contributed by atoms with Crippen molar-refractivity contribution in [3.63, 3.8) is 0 Å². The van der Waals surface area contributed by atoms with Gasteiger partial charge in [-0.15, -0.1) is 0 Å². The third kappa shape index (κ3) is 3.77. The monoisotopic (exact) mass is 334 g/mol. The van der Waals surface area contributed by atoms with Crippen LogP contribution >= 0.6 is 23.2 Å². The van der Waals surface area contributed by atoms with Gasteiger partial charge in [0.25, 0.3) is 5.91 Å². The molecule has 2 rings (SSSR count). The van der Waals surface area contributed by atoms with Crippen molar-refractivity contribution in [1.82, 2.24) is 10.2 Å². The van der Waals surface area contributed by atoms with Gasteiger partial charge in [0.1, 0.15) is 12.4 Å². The molecule has 0 saturated carbocycles. The van der Waals surface area contributed by atoms with Crippen LogP contribution in [0.2, 0.25) is 10.0 Å². The zero-order valence-electron chi connectivity index (χ0n) is 11.2. The number of benzene rings is 1. The van der Waals surface area contributed by atoms with Crippen molar-refractivity contribution in [2.75, 3.05) is 19.7 Å². The second-order valence-electron chi connectivity index (χ2n) is 4.68. The maximum absolute atomic E-state index is 13.4. The molecule has 114 valence electrons. The molecule has 0 bridgehead atoms. The number of nitrogens with zero attached hydrogens (tertiary/aromatic N) is 1. The molecule has 1 fully saturated rings. The summed E-state index contributed by atoms with van der Waals surface area (Å²) < 4.78 is 18.2. The average molecular weight is 335 g/mol. The van der Waals surface area contributed by atoms with Gasteiger partial charge in [0.2, 0.25) is 0 Å². The van der Waals surface area contributed by atoms with E-state index in [0.717, 1.165) is 6.07 Å². The third-order valence-electron chi connectivity index (χ3n) is 2.97. The number of hydrogen-bond donors (Lipinski definition) is 1. The fourth-order valence-corrected chi connectivity index (χ4v) is 2.43. The fraction of sp³-hybridized carbons (Fsp3) is 0.385. The van der Waals surface area contributed by atoms with Crippen molar-refractivity contribution >= 4 is 35.2 Å². The van der Waals surface area contributed by atoms with Crippen molar-refractivity contribution in [3.05, 3.63) is 33.6 Å². The van der Waals surface area contributed by atoms with Crippen LogP contribution in [0.1, 0.15) is 17.3 Å². The number of carbonyl (C=O) groups is 2. The Balaban J connectivity index is 2.00. The maximum Gasteiger partial charge on any atom is 0.410 e. The molecule has 1 aliphatic rings. The summed E-state index contributed by atoms with van der Waals surface area (Å²) in [7, 11) is 0. The standard InChI is InChI=1S/C13H13Cl2FN2O3/c1-7(6-18-2-3-21-13(18)20)17-12(19)8-4-11(16)10(15)5-9(8)14/h4-5,7H,2-3,6H2,1H3,(H,17,19). The topological polar surface area (TPSA) is 58.6 Å². The molecule has 0 radical (unpaired) electrons. The van der Waals surface area contributed by atoms with Gasteiger partial charge in [-0.1, -0.05) is 23.2 Å². The van der Waals surface area contributed by atoms with Crippen LogP contribution in [0.25, 0.3) is 0 Å². The Labute approximate surface area is 130 Å². The molecule has 5 nitrogen and oxygen atoms in total. The fourth-order valence-electron chi connectivity index (χ4n) is 1.97. The van der Waals surface area contributed by atoms with E-state index < -0.39 is 17.8 Å². The minimum atomic E-state index is -0.720. The summed E-state index contributed by atoms with van der Waals surface area (Å²) in [4.78, 5) is 24.8. The van der Waals surface area contributed by atoms with E-state index in [1.165, 1.54) is 11.0 Å². The normalized spacial score (nSPS) is 15.8. The molecule has 1 aliphatic heterocycles. The number of nitrogens with one attached hydrogen (secondary N) is 1. The Morgan fingerprint density at radius 1 is 1.48 bits per heavy atom. The molecule has 1 aromatic rings. The van der Waals surface area contributed by atoms with Gasteiger partial charge in [-0.3, -0.25) is 4.79 Å². The molecular weight excluding hydrogens is 322 g/mol. The van der Waals surface area contributed by atoms with Gasteiger partial charge in [0.15, 0.2) is 0 Å². The van der Waals surface area contributed by atoms with Crippen LogP contribution in [0.15, 0.2) is 12.1 Å². The smallest absolute Gasteiger partial charge is 0.410 e. The van der Waals surface area contributed by atoms with Crippen LogP contribution in [-0.4, -0.2) is 42.6 Å². The highest BCUT2D eigenvalue weighted by Gasteiger charge is 2.24. The molecule has 8 heteroatoms. The number of carbonyl (C=O) groups excluding carboxylic acids is 2. The molecule has 2 amide bonds. The molecule has 1 heterocycles. The Morgan fingerprint density at radius 2 is 2.19 bits per heavy atom. The zero-order valence-corrected chi connectivity index (χ0v) is 12.7. The maximum atomic E-state index is 13.4. The van der Waals surface area contributed by atoms with E-state index in [9.17, 15) is 14.0 Å². The lowest BCUT2D eigenvalue weighted by atomic mass is 10.2. The van der Waals surface area contributed by atoms with E-state index in [2.05, 4.69) is 5.32 Å². The predicted octanol–water partition coefficient (Wildman–Crippen LogP) is 2.70. The van der Waals surface area contributed by atoms with Gasteiger partial charge >= 0.3 is 6.09 Å². The molecule has 21 heavy (non-hydrogen) atoms. The van der Waals surface area contributed by atoms with Crippen molar-refractivity contribution in [3.8, 4) is 0 Å². The SMILES string of the molecule is CC(CN1CCOC1=O)NC(=O)c1cc(F)c(Cl)cc1Cl. The van der Waals surface area contributed by atoms with Crippen LogP contribution in [0.5, 0.6) is 0 Å². The molecule has 1 atom stereocenters. The van der Waals surface area contributed by atoms with E-state index in [1.807, 2.05) is 0 Å². The molecule has 1 saturated heterocycles. The summed E-state index contributed by atoms with van der Waals surface area (Å²) in [5.41, 5.74) is -0.00517. The summed E-state index contributed by atoms with van der Waals surface area (Å²) in [6, 6.07) is 1.82. The lowest BCUT2D eigenvalue weighted by Crippen LogP contribution is -2.42. The van der Waals surface area contributed by atoms with E-state index in [4.69, 9.17) is 27.9 Å². The summed E-state index contributed by atoms with van der Waals surface area (Å²) in [5, 5.41) is 2.56. The van der Waals surface area contributed by atoms with Crippen molar-refractivity contribution < 1.29 is 18.7 Å². The van der Waals surface area contributed by atoms with Gasteiger partial charge < -0.3 is 15.0 Å². The van der Waals surface area contributed by atoms with Crippen LogP contribution in [-0.2, 0) is 4.74 Å². The zero-order chi connectivity index (χ0) is 15.6. The second kappa shape index (κ2) is 6.49. The number of halogens is 3. The Morgan fingerprint density at radius 3 is 2.81 bits per heavy atom. The second-order valence-corrected chi connectivity index (χ2v) is 5.50. The molecule has 1 aromatic carbocycles. The number of cyclic esters (lactones) is 1. The quantitative estimate of drug-likeness (QED) is 0.861. The summed E-state index contributed by atoms with van der Waals surface area (Å²) >= 11 is 11.5. The van der Waals surface area contributed by atoms with Crippen molar-refractivity contribution in [2.24, 2.45) is 0 Å². The highest BCUT2D eigenvalue weighted by Crippen LogP contribution is 2.24. The molecule has 0 aromatic heterocycles. The number of ether oxygens (including phenoxy) is 1. The highest BCUT2D eigenvalue weighted by atomic mass is 35.5. The molecule has 1 N–H and O–H groups in total. The van der Waals surface area contributed by atoms with Crippen LogP contribution in [0.3, 0.4) is 0 Å². The van der Waals surface area contributed by atoms with E-state index in [0.29, 0.717) is 19.7 Å². The lowest BCUT2D eigenvalue weighted by molar-refractivity contribution is 0.0930. The first kappa shape index (κ1) is 15.9. The molecule has 0 spiro atoms. The predicted molar refractivity (Wildman–Crippen MR) is 76.3 cm³/mol. The highest BCUT2D eigenvalue weighted by molar-refractivity contribution is 6.36. The van der Waals surface area contributed by atoms with Gasteiger partial charge in [-0.25, -0.2) is 9.18 Å². The van der Waals surface area contributed by atoms with Crippen LogP contribution in [0, 0.1) is 5.82 Å². The van der Waals surface area contributed by atoms with Gasteiger partial charge in [-0.05, 0) is 19.1 Å². The molecular formula is C13H13Cl2FN2O3. The Hall–Kier alpha value is -1.53. The number of amides is 2. The van der Waals surface area contributed by atoms with E-state index in [-0.39, 0.29) is 21.7 Å². The third-order valence-corrected chi connectivity index (χ3v) is 3.57. The van der Waals surface area contributed by atoms with E-state index >= 15 is 0 Å². The number of rotatable bonds is 4. The van der Waals surface area contributed by atoms with E-state index in [1.54, 1.807) is 6.92 Å². The first-order chi connectivity index (χ1) is 9.88. The number of hydrogen-bond acceptors (Lipinski definition) is 3. The largest absolute Gasteiger partial charge is 0.448 e.